The van der Waals surface area contributed by atoms with Crippen molar-refractivity contribution in [2.75, 3.05) is 52.5 Å². The van der Waals surface area contributed by atoms with Crippen molar-refractivity contribution >= 4 is 28.8 Å². The molecule has 1 saturated heterocycles. The highest BCUT2D eigenvalue weighted by atomic mass is 127. The summed E-state index contributed by atoms with van der Waals surface area (Å²) in [5.74, 6) is 0.961. The molecule has 92 valence electrons. The molecule has 16 heavy (non-hydrogen) atoms. The van der Waals surface area contributed by atoms with Crippen LogP contribution in [0.5, 0.6) is 0 Å². The van der Waals surface area contributed by atoms with Crippen LogP contribution >= 0.6 is 22.9 Å². The third-order valence-corrected chi connectivity index (χ3v) is 3.34. The Morgan fingerprint density at radius 1 is 1.31 bits per heavy atom. The minimum atomic E-state index is 0.863. The third kappa shape index (κ3) is 3.44. The van der Waals surface area contributed by atoms with Crippen molar-refractivity contribution in [1.29, 1.82) is 0 Å². The Labute approximate surface area is 110 Å². The average Bonchev–Trinajstić information content (AvgIpc) is 2.78. The summed E-state index contributed by atoms with van der Waals surface area (Å²) in [4.78, 5) is 6.80. The molecule has 0 unspecified atom stereocenters. The van der Waals surface area contributed by atoms with Crippen LogP contribution in [-0.4, -0.2) is 68.4 Å². The zero-order chi connectivity index (χ0) is 11.2. The molecule has 0 aromatic carbocycles. The molecular formula is C9H18IN5O. The Morgan fingerprint density at radius 3 is 2.88 bits per heavy atom. The number of hydrazine groups is 1. The number of aliphatic imine (C=N–C) groups is 1. The van der Waals surface area contributed by atoms with Crippen molar-refractivity contribution in [3.63, 3.8) is 0 Å². The van der Waals surface area contributed by atoms with Gasteiger partial charge in [-0.3, -0.25) is 14.9 Å². The first-order valence-electron chi connectivity index (χ1n) is 5.62. The van der Waals surface area contributed by atoms with E-state index in [9.17, 15) is 0 Å². The van der Waals surface area contributed by atoms with Crippen LogP contribution in [0, 0.1) is 0 Å². The number of hydrogen-bond acceptors (Lipinski definition) is 6. The summed E-state index contributed by atoms with van der Waals surface area (Å²) < 4.78 is 8.39. The summed E-state index contributed by atoms with van der Waals surface area (Å²) in [6.45, 7) is 7.62. The zero-order valence-electron chi connectivity index (χ0n) is 9.28. The Kier molecular flexibility index (Phi) is 5.07. The van der Waals surface area contributed by atoms with E-state index in [1.54, 1.807) is 0 Å². The number of nitrogens with one attached hydrogen (secondary N) is 2. The Bertz CT molecular complexity index is 244. The van der Waals surface area contributed by atoms with E-state index >= 15 is 0 Å². The van der Waals surface area contributed by atoms with Crippen LogP contribution in [0.25, 0.3) is 0 Å². The maximum Gasteiger partial charge on any atom is 0.209 e. The van der Waals surface area contributed by atoms with Crippen LogP contribution < -0.4 is 8.96 Å². The van der Waals surface area contributed by atoms with Crippen molar-refractivity contribution in [3.8, 4) is 0 Å². The molecule has 0 saturated carbocycles. The third-order valence-electron chi connectivity index (χ3n) is 2.76. The molecule has 2 heterocycles. The molecule has 1 fully saturated rings. The van der Waals surface area contributed by atoms with Gasteiger partial charge in [0.05, 0.1) is 26.3 Å². The van der Waals surface area contributed by atoms with Gasteiger partial charge in [-0.25, -0.2) is 0 Å². The van der Waals surface area contributed by atoms with E-state index in [0.717, 1.165) is 58.4 Å². The average molecular weight is 339 g/mol. The van der Waals surface area contributed by atoms with Gasteiger partial charge in [0.15, 0.2) is 0 Å². The summed E-state index contributed by atoms with van der Waals surface area (Å²) in [5.41, 5.74) is 0. The first kappa shape index (κ1) is 12.3. The van der Waals surface area contributed by atoms with Gasteiger partial charge in [0, 0.05) is 49.0 Å². The molecule has 2 aliphatic rings. The molecule has 2 aliphatic heterocycles. The van der Waals surface area contributed by atoms with Crippen LogP contribution in [0.4, 0.5) is 0 Å². The molecule has 0 amide bonds. The van der Waals surface area contributed by atoms with Crippen LogP contribution in [-0.2, 0) is 4.74 Å². The monoisotopic (exact) mass is 339 g/mol. The lowest BCUT2D eigenvalue weighted by atomic mass is 10.4. The summed E-state index contributed by atoms with van der Waals surface area (Å²) in [5, 5.41) is 5.38. The Hall–Kier alpha value is -0.120. The van der Waals surface area contributed by atoms with Gasteiger partial charge in [-0.1, -0.05) is 0 Å². The van der Waals surface area contributed by atoms with E-state index in [4.69, 9.17) is 4.74 Å². The highest BCUT2D eigenvalue weighted by molar-refractivity contribution is 14.1. The highest BCUT2D eigenvalue weighted by Gasteiger charge is 2.15. The van der Waals surface area contributed by atoms with E-state index in [2.05, 4.69) is 41.7 Å². The van der Waals surface area contributed by atoms with E-state index in [0.29, 0.717) is 0 Å². The van der Waals surface area contributed by atoms with Crippen molar-refractivity contribution in [1.82, 2.24) is 18.9 Å². The molecule has 2 rings (SSSR count). The van der Waals surface area contributed by atoms with Crippen molar-refractivity contribution in [2.24, 2.45) is 4.99 Å². The quantitative estimate of drug-likeness (QED) is 0.531. The maximum atomic E-state index is 5.31. The first-order valence-corrected chi connectivity index (χ1v) is 6.70. The number of halogens is 1. The second-order valence-electron chi connectivity index (χ2n) is 3.82. The highest BCUT2D eigenvalue weighted by Crippen LogP contribution is 1.98. The standard InChI is InChI=1S/C9H18IN5O/c10-13-15-4-2-12-9(15)11-1-3-14-5-7-16-8-6-14/h13H,1-8H2,(H,11,12). The maximum absolute atomic E-state index is 5.31. The van der Waals surface area contributed by atoms with E-state index < -0.39 is 0 Å². The number of ether oxygens (including phenoxy) is 1. The normalized spacial score (nSPS) is 22.3. The summed E-state index contributed by atoms with van der Waals surface area (Å²) >= 11 is 2.13. The lowest BCUT2D eigenvalue weighted by Gasteiger charge is -2.27. The topological polar surface area (TPSA) is 52.1 Å². The number of hydrogen-bond donors (Lipinski definition) is 2. The lowest BCUT2D eigenvalue weighted by molar-refractivity contribution is 0.0388. The molecule has 0 radical (unpaired) electrons. The molecule has 0 aromatic rings. The summed E-state index contributed by atoms with van der Waals surface area (Å²) in [6, 6.07) is 0. The Balaban J connectivity index is 1.63. The molecule has 0 spiro atoms. The smallest absolute Gasteiger partial charge is 0.209 e. The molecule has 6 nitrogen and oxygen atoms in total. The fraction of sp³-hybridized carbons (Fsp3) is 0.889. The molecule has 0 bridgehead atoms. The van der Waals surface area contributed by atoms with Crippen LogP contribution in [0.1, 0.15) is 0 Å². The fourth-order valence-electron chi connectivity index (χ4n) is 1.83. The van der Waals surface area contributed by atoms with E-state index in [1.165, 1.54) is 0 Å². The van der Waals surface area contributed by atoms with Gasteiger partial charge in [-0.05, 0) is 0 Å². The van der Waals surface area contributed by atoms with Gasteiger partial charge in [0.25, 0.3) is 0 Å². The predicted octanol–water partition coefficient (Wildman–Crippen LogP) is -0.566. The van der Waals surface area contributed by atoms with Gasteiger partial charge in [0.2, 0.25) is 5.96 Å². The van der Waals surface area contributed by atoms with Crippen LogP contribution in [0.3, 0.4) is 0 Å². The number of morpholine rings is 1. The Morgan fingerprint density at radius 2 is 2.12 bits per heavy atom. The van der Waals surface area contributed by atoms with Crippen molar-refractivity contribution < 1.29 is 4.74 Å². The van der Waals surface area contributed by atoms with E-state index in [1.807, 2.05) is 5.01 Å². The molecule has 0 atom stereocenters. The molecule has 0 aromatic heterocycles. The largest absolute Gasteiger partial charge is 0.379 e. The van der Waals surface area contributed by atoms with Crippen molar-refractivity contribution in [2.45, 2.75) is 0 Å². The van der Waals surface area contributed by atoms with Crippen LogP contribution in [0.2, 0.25) is 0 Å². The van der Waals surface area contributed by atoms with Gasteiger partial charge in [-0.15, -0.1) is 0 Å². The zero-order valence-corrected chi connectivity index (χ0v) is 11.4. The fourth-order valence-corrected chi connectivity index (χ4v) is 2.30. The molecular weight excluding hydrogens is 321 g/mol. The second-order valence-corrected chi connectivity index (χ2v) is 4.30. The van der Waals surface area contributed by atoms with Gasteiger partial charge < -0.3 is 10.1 Å². The van der Waals surface area contributed by atoms with E-state index in [-0.39, 0.29) is 0 Å². The van der Waals surface area contributed by atoms with Gasteiger partial charge in [-0.2, -0.15) is 3.64 Å². The predicted molar refractivity (Wildman–Crippen MR) is 71.4 cm³/mol. The van der Waals surface area contributed by atoms with Crippen LogP contribution in [0.15, 0.2) is 4.99 Å². The first-order chi connectivity index (χ1) is 7.90. The minimum Gasteiger partial charge on any atom is -0.379 e. The SMILES string of the molecule is INN1CCN=C1NCCN1CCOCC1. The lowest BCUT2D eigenvalue weighted by Crippen LogP contribution is -2.46. The number of nitrogens with zero attached hydrogens (tertiary/aromatic N) is 3. The molecule has 0 aliphatic carbocycles. The van der Waals surface area contributed by atoms with Gasteiger partial charge >= 0.3 is 0 Å². The van der Waals surface area contributed by atoms with Crippen molar-refractivity contribution in [3.05, 3.63) is 0 Å². The molecule has 2 N–H and O–H groups in total. The number of rotatable bonds is 4. The van der Waals surface area contributed by atoms with Gasteiger partial charge in [0.1, 0.15) is 0 Å². The second kappa shape index (κ2) is 6.58. The summed E-state index contributed by atoms with van der Waals surface area (Å²) in [6.07, 6.45) is 0. The number of guanidine groups is 1. The molecule has 7 heteroatoms. The summed E-state index contributed by atoms with van der Waals surface area (Å²) in [7, 11) is 0. The minimum absolute atomic E-state index is 0.863.